The highest BCUT2D eigenvalue weighted by Crippen LogP contribution is 2.38. The van der Waals surface area contributed by atoms with Crippen LogP contribution in [0.5, 0.6) is 0 Å². The molecule has 0 radical (unpaired) electrons. The van der Waals surface area contributed by atoms with E-state index in [1.165, 1.54) is 16.5 Å². The number of carbonyl (C=O) groups is 2. The van der Waals surface area contributed by atoms with Gasteiger partial charge in [-0.1, -0.05) is 32.9 Å². The molecule has 0 unspecified atom stereocenters. The first-order valence-corrected chi connectivity index (χ1v) is 13.1. The van der Waals surface area contributed by atoms with Crippen molar-refractivity contribution in [3.63, 3.8) is 0 Å². The Bertz CT molecular complexity index is 1030. The van der Waals surface area contributed by atoms with Gasteiger partial charge in [-0.05, 0) is 53.5 Å². The predicted molar refractivity (Wildman–Crippen MR) is 134 cm³/mol. The monoisotopic (exact) mass is 485 g/mol. The standard InChI is InChI=1S/C27H36FN3O2S/c1-19-18-30(13-14-31(19)25(33)17-27(2,3)4)24(32)9-12-29-11-8-23-22(10-15-34-23)26(29)20-6-5-7-21(28)16-20/h5-7,10,15-16,19,26H,8-9,11-14,17-18H2,1-4H3/t19-,26-/m0/s1. The summed E-state index contributed by atoms with van der Waals surface area (Å²) in [7, 11) is 0. The number of halogens is 1. The van der Waals surface area contributed by atoms with Crippen molar-refractivity contribution in [1.82, 2.24) is 14.7 Å². The first-order valence-electron chi connectivity index (χ1n) is 12.3. The van der Waals surface area contributed by atoms with E-state index in [0.717, 1.165) is 18.5 Å². The normalized spacial score (nSPS) is 21.4. The lowest BCUT2D eigenvalue weighted by atomic mass is 9.91. The first kappa shape index (κ1) is 24.9. The molecule has 2 aliphatic rings. The van der Waals surface area contributed by atoms with Crippen LogP contribution in [0.4, 0.5) is 4.39 Å². The number of hydrogen-bond donors (Lipinski definition) is 0. The van der Waals surface area contributed by atoms with Crippen LogP contribution in [0.25, 0.3) is 0 Å². The minimum atomic E-state index is -0.233. The molecule has 1 fully saturated rings. The summed E-state index contributed by atoms with van der Waals surface area (Å²) in [5.74, 6) is 0.0672. The predicted octanol–water partition coefficient (Wildman–Crippen LogP) is 4.72. The second-order valence-corrected chi connectivity index (χ2v) is 11.8. The van der Waals surface area contributed by atoms with Crippen molar-refractivity contribution in [2.75, 3.05) is 32.7 Å². The van der Waals surface area contributed by atoms with Crippen LogP contribution in [-0.4, -0.2) is 65.3 Å². The topological polar surface area (TPSA) is 43.9 Å². The fraction of sp³-hybridized carbons (Fsp3) is 0.556. The van der Waals surface area contributed by atoms with Gasteiger partial charge in [-0.3, -0.25) is 14.5 Å². The van der Waals surface area contributed by atoms with Crippen LogP contribution in [0.2, 0.25) is 0 Å². The summed E-state index contributed by atoms with van der Waals surface area (Å²) in [5, 5.41) is 2.10. The van der Waals surface area contributed by atoms with Gasteiger partial charge in [0.1, 0.15) is 5.82 Å². The van der Waals surface area contributed by atoms with E-state index in [0.29, 0.717) is 39.0 Å². The van der Waals surface area contributed by atoms with E-state index >= 15 is 0 Å². The molecular formula is C27H36FN3O2S. The highest BCUT2D eigenvalue weighted by atomic mass is 32.1. The Labute approximate surface area is 206 Å². The molecule has 2 atom stereocenters. The molecule has 7 heteroatoms. The Morgan fingerprint density at radius 1 is 1.12 bits per heavy atom. The number of thiophene rings is 1. The van der Waals surface area contributed by atoms with E-state index in [4.69, 9.17) is 0 Å². The molecule has 3 heterocycles. The average Bonchev–Trinajstić information content (AvgIpc) is 3.24. The Morgan fingerprint density at radius 3 is 2.62 bits per heavy atom. The summed E-state index contributed by atoms with van der Waals surface area (Å²) in [6.07, 6.45) is 1.90. The van der Waals surface area contributed by atoms with Gasteiger partial charge in [0.05, 0.1) is 6.04 Å². The number of carbonyl (C=O) groups excluding carboxylic acids is 2. The molecule has 34 heavy (non-hydrogen) atoms. The fourth-order valence-electron chi connectivity index (χ4n) is 5.18. The van der Waals surface area contributed by atoms with Gasteiger partial charge in [0.25, 0.3) is 0 Å². The summed E-state index contributed by atoms with van der Waals surface area (Å²) >= 11 is 1.76. The third-order valence-electron chi connectivity index (χ3n) is 6.83. The molecule has 1 aromatic carbocycles. The largest absolute Gasteiger partial charge is 0.339 e. The molecule has 1 saturated heterocycles. The van der Waals surface area contributed by atoms with Crippen LogP contribution in [0.1, 0.15) is 62.6 Å². The van der Waals surface area contributed by atoms with Gasteiger partial charge in [0.15, 0.2) is 0 Å². The zero-order valence-corrected chi connectivity index (χ0v) is 21.5. The summed E-state index contributed by atoms with van der Waals surface area (Å²) in [5.41, 5.74) is 2.12. The van der Waals surface area contributed by atoms with Crippen LogP contribution in [0.15, 0.2) is 35.7 Å². The molecule has 184 valence electrons. The van der Waals surface area contributed by atoms with Gasteiger partial charge in [0.2, 0.25) is 11.8 Å². The Kier molecular flexibility index (Phi) is 7.43. The van der Waals surface area contributed by atoms with Crippen molar-refractivity contribution >= 4 is 23.2 Å². The molecule has 0 N–H and O–H groups in total. The molecule has 0 aliphatic carbocycles. The van der Waals surface area contributed by atoms with E-state index in [1.807, 2.05) is 22.8 Å². The van der Waals surface area contributed by atoms with Crippen molar-refractivity contribution in [2.45, 2.75) is 59.0 Å². The quantitative estimate of drug-likeness (QED) is 0.616. The SMILES string of the molecule is C[C@H]1CN(C(=O)CCN2CCc3sccc3[C@@H]2c2cccc(F)c2)CCN1C(=O)CC(C)(C)C. The number of hydrogen-bond acceptors (Lipinski definition) is 4. The third kappa shape index (κ3) is 5.69. The summed E-state index contributed by atoms with van der Waals surface area (Å²) < 4.78 is 14.0. The molecule has 4 rings (SSSR count). The maximum atomic E-state index is 14.0. The molecule has 5 nitrogen and oxygen atoms in total. The van der Waals surface area contributed by atoms with Crippen molar-refractivity contribution in [1.29, 1.82) is 0 Å². The second kappa shape index (κ2) is 10.2. The first-order chi connectivity index (χ1) is 16.1. The molecule has 2 amide bonds. The van der Waals surface area contributed by atoms with Crippen LogP contribution in [0, 0.1) is 11.2 Å². The third-order valence-corrected chi connectivity index (χ3v) is 7.82. The Morgan fingerprint density at radius 2 is 1.91 bits per heavy atom. The number of piperazine rings is 1. The summed E-state index contributed by atoms with van der Waals surface area (Å²) in [6, 6.07) is 8.96. The van der Waals surface area contributed by atoms with Gasteiger partial charge < -0.3 is 9.80 Å². The number of amides is 2. The fourth-order valence-corrected chi connectivity index (χ4v) is 6.09. The van der Waals surface area contributed by atoms with Gasteiger partial charge in [-0.25, -0.2) is 4.39 Å². The number of benzene rings is 1. The van der Waals surface area contributed by atoms with Crippen molar-refractivity contribution in [2.24, 2.45) is 5.41 Å². The molecule has 2 aromatic rings. The van der Waals surface area contributed by atoms with Crippen molar-refractivity contribution in [3.8, 4) is 0 Å². The smallest absolute Gasteiger partial charge is 0.223 e. The highest BCUT2D eigenvalue weighted by molar-refractivity contribution is 7.10. The molecule has 2 aliphatic heterocycles. The number of nitrogens with zero attached hydrogens (tertiary/aromatic N) is 3. The van der Waals surface area contributed by atoms with Gasteiger partial charge in [-0.15, -0.1) is 11.3 Å². The maximum absolute atomic E-state index is 14.0. The van der Waals surface area contributed by atoms with E-state index in [2.05, 4.69) is 37.1 Å². The van der Waals surface area contributed by atoms with Crippen molar-refractivity contribution < 1.29 is 14.0 Å². The van der Waals surface area contributed by atoms with Crippen LogP contribution in [-0.2, 0) is 16.0 Å². The molecule has 0 bridgehead atoms. The van der Waals surface area contributed by atoms with Gasteiger partial charge >= 0.3 is 0 Å². The Balaban J connectivity index is 1.38. The number of rotatable bonds is 5. The van der Waals surface area contributed by atoms with Crippen LogP contribution < -0.4 is 0 Å². The molecule has 0 spiro atoms. The minimum absolute atomic E-state index is 0.0238. The number of fused-ring (bicyclic) bond motifs is 1. The van der Waals surface area contributed by atoms with E-state index in [-0.39, 0.29) is 35.1 Å². The lowest BCUT2D eigenvalue weighted by Crippen LogP contribution is -2.56. The summed E-state index contributed by atoms with van der Waals surface area (Å²) in [6.45, 7) is 11.5. The lowest BCUT2D eigenvalue weighted by Gasteiger charge is -2.41. The van der Waals surface area contributed by atoms with E-state index < -0.39 is 0 Å². The van der Waals surface area contributed by atoms with Crippen molar-refractivity contribution in [3.05, 3.63) is 57.5 Å². The average molecular weight is 486 g/mol. The second-order valence-electron chi connectivity index (χ2n) is 10.8. The maximum Gasteiger partial charge on any atom is 0.223 e. The van der Waals surface area contributed by atoms with Crippen LogP contribution in [0.3, 0.4) is 0 Å². The molecule has 1 aromatic heterocycles. The zero-order chi connectivity index (χ0) is 24.5. The minimum Gasteiger partial charge on any atom is -0.339 e. The zero-order valence-electron chi connectivity index (χ0n) is 20.7. The molecule has 0 saturated carbocycles. The van der Waals surface area contributed by atoms with Gasteiger partial charge in [0, 0.05) is 56.5 Å². The van der Waals surface area contributed by atoms with E-state index in [1.54, 1.807) is 23.5 Å². The van der Waals surface area contributed by atoms with Gasteiger partial charge in [-0.2, -0.15) is 0 Å². The van der Waals surface area contributed by atoms with Crippen LogP contribution >= 0.6 is 11.3 Å². The lowest BCUT2D eigenvalue weighted by molar-refractivity contribution is -0.143. The molecular weight excluding hydrogens is 449 g/mol. The Hall–Kier alpha value is -2.25. The van der Waals surface area contributed by atoms with E-state index in [9.17, 15) is 14.0 Å². The summed E-state index contributed by atoms with van der Waals surface area (Å²) in [4.78, 5) is 33.3. The highest BCUT2D eigenvalue weighted by Gasteiger charge is 2.33.